The van der Waals surface area contributed by atoms with Crippen molar-refractivity contribution in [2.24, 2.45) is 16.8 Å². The molecule has 4 nitrogen and oxygen atoms in total. The lowest BCUT2D eigenvalue weighted by Gasteiger charge is -2.24. The van der Waals surface area contributed by atoms with E-state index in [1.54, 1.807) is 0 Å². The smallest absolute Gasteiger partial charge is 0.208 e. The number of hydrogen-bond donors (Lipinski definition) is 2. The van der Waals surface area contributed by atoms with Crippen molar-refractivity contribution in [2.45, 2.75) is 33.1 Å². The molecule has 82 valence electrons. The average molecular weight is 198 g/mol. The Kier molecular flexibility index (Phi) is 4.73. The number of aliphatic imine (C=N–C) groups is 1. The molecule has 4 heteroatoms. The van der Waals surface area contributed by atoms with Gasteiger partial charge in [-0.2, -0.15) is 0 Å². The molecule has 0 aromatic carbocycles. The lowest BCUT2D eigenvalue weighted by Crippen LogP contribution is -2.46. The number of nitrogens with zero attached hydrogens (tertiary/aromatic N) is 2. The summed E-state index contributed by atoms with van der Waals surface area (Å²) in [6.07, 6.45) is 3.87. The van der Waals surface area contributed by atoms with Gasteiger partial charge in [-0.15, -0.1) is 0 Å². The third kappa shape index (κ3) is 3.54. The summed E-state index contributed by atoms with van der Waals surface area (Å²) in [5.74, 6) is 7.18. The molecule has 0 aromatic heterocycles. The van der Waals surface area contributed by atoms with Crippen LogP contribution in [0.1, 0.15) is 33.1 Å². The first-order chi connectivity index (χ1) is 6.81. The van der Waals surface area contributed by atoms with E-state index in [2.05, 4.69) is 22.2 Å². The first-order valence-corrected chi connectivity index (χ1v) is 5.57. The van der Waals surface area contributed by atoms with Gasteiger partial charge in [-0.25, -0.2) is 5.84 Å². The van der Waals surface area contributed by atoms with Crippen molar-refractivity contribution < 1.29 is 0 Å². The number of nitrogens with two attached hydrogens (primary N) is 1. The van der Waals surface area contributed by atoms with Crippen LogP contribution in [0, 0.1) is 5.92 Å². The van der Waals surface area contributed by atoms with E-state index in [9.17, 15) is 0 Å². The fourth-order valence-electron chi connectivity index (χ4n) is 1.55. The highest BCUT2D eigenvalue weighted by Crippen LogP contribution is 2.29. The highest BCUT2D eigenvalue weighted by molar-refractivity contribution is 5.79. The number of nitrogens with one attached hydrogen (secondary N) is 1. The summed E-state index contributed by atoms with van der Waals surface area (Å²) in [7, 11) is 0. The van der Waals surface area contributed by atoms with Gasteiger partial charge in [0.15, 0.2) is 0 Å². The van der Waals surface area contributed by atoms with Gasteiger partial charge in [0.1, 0.15) is 0 Å². The second-order valence-corrected chi connectivity index (χ2v) is 3.83. The highest BCUT2D eigenvalue weighted by atomic mass is 15.4. The molecule has 0 saturated heterocycles. The van der Waals surface area contributed by atoms with Crippen LogP contribution in [-0.2, 0) is 0 Å². The zero-order valence-electron chi connectivity index (χ0n) is 9.29. The second kappa shape index (κ2) is 5.86. The molecule has 3 N–H and O–H groups in total. The summed E-state index contributed by atoms with van der Waals surface area (Å²) in [6.45, 7) is 7.14. The average Bonchev–Trinajstić information content (AvgIpc) is 2.97. The van der Waals surface area contributed by atoms with Gasteiger partial charge in [0.05, 0.1) is 0 Å². The van der Waals surface area contributed by atoms with Crippen molar-refractivity contribution in [2.75, 3.05) is 19.6 Å². The van der Waals surface area contributed by atoms with E-state index in [1.165, 1.54) is 12.8 Å². The van der Waals surface area contributed by atoms with Crippen molar-refractivity contribution in [3.8, 4) is 0 Å². The van der Waals surface area contributed by atoms with Crippen molar-refractivity contribution in [1.29, 1.82) is 0 Å². The van der Waals surface area contributed by atoms with Gasteiger partial charge in [0.25, 0.3) is 0 Å². The summed E-state index contributed by atoms with van der Waals surface area (Å²) in [5.41, 5.74) is 2.70. The molecule has 1 fully saturated rings. The van der Waals surface area contributed by atoms with Gasteiger partial charge in [0.2, 0.25) is 5.96 Å². The Balaban J connectivity index is 2.47. The standard InChI is InChI=1S/C10H22N4/c1-3-7-14(8-9-5-6-9)10(13-11)12-4-2/h9H,3-8,11H2,1-2H3,(H,12,13). The van der Waals surface area contributed by atoms with Crippen LogP contribution in [0.3, 0.4) is 0 Å². The molecular formula is C10H22N4. The van der Waals surface area contributed by atoms with Gasteiger partial charge in [-0.3, -0.25) is 10.4 Å². The maximum Gasteiger partial charge on any atom is 0.208 e. The van der Waals surface area contributed by atoms with E-state index in [1.807, 2.05) is 6.92 Å². The van der Waals surface area contributed by atoms with Crippen molar-refractivity contribution in [1.82, 2.24) is 10.3 Å². The van der Waals surface area contributed by atoms with E-state index < -0.39 is 0 Å². The van der Waals surface area contributed by atoms with Crippen molar-refractivity contribution in [3.05, 3.63) is 0 Å². The minimum absolute atomic E-state index is 0.782. The molecule has 1 rings (SSSR count). The summed E-state index contributed by atoms with van der Waals surface area (Å²) >= 11 is 0. The first-order valence-electron chi connectivity index (χ1n) is 5.57. The molecule has 1 saturated carbocycles. The van der Waals surface area contributed by atoms with Crippen LogP contribution in [0.25, 0.3) is 0 Å². The van der Waals surface area contributed by atoms with Crippen LogP contribution >= 0.6 is 0 Å². The maximum absolute atomic E-state index is 5.46. The number of hydrazine groups is 1. The maximum atomic E-state index is 5.46. The molecule has 1 aliphatic rings. The van der Waals surface area contributed by atoms with E-state index in [-0.39, 0.29) is 0 Å². The molecule has 0 heterocycles. The molecule has 14 heavy (non-hydrogen) atoms. The van der Waals surface area contributed by atoms with Gasteiger partial charge >= 0.3 is 0 Å². The topological polar surface area (TPSA) is 53.6 Å². The van der Waals surface area contributed by atoms with Crippen LogP contribution in [-0.4, -0.2) is 30.5 Å². The molecule has 0 radical (unpaired) electrons. The Morgan fingerprint density at radius 2 is 2.21 bits per heavy atom. The molecule has 0 aromatic rings. The van der Waals surface area contributed by atoms with Gasteiger partial charge in [-0.1, -0.05) is 6.92 Å². The second-order valence-electron chi connectivity index (χ2n) is 3.83. The van der Waals surface area contributed by atoms with Crippen molar-refractivity contribution >= 4 is 5.96 Å². The Morgan fingerprint density at radius 1 is 1.50 bits per heavy atom. The van der Waals surface area contributed by atoms with Crippen molar-refractivity contribution in [3.63, 3.8) is 0 Å². The van der Waals surface area contributed by atoms with E-state index >= 15 is 0 Å². The van der Waals surface area contributed by atoms with Crippen LogP contribution in [0.15, 0.2) is 4.99 Å². The van der Waals surface area contributed by atoms with E-state index in [4.69, 9.17) is 5.84 Å². The minimum Gasteiger partial charge on any atom is -0.342 e. The summed E-state index contributed by atoms with van der Waals surface area (Å²) < 4.78 is 0. The fourth-order valence-corrected chi connectivity index (χ4v) is 1.55. The van der Waals surface area contributed by atoms with Crippen LogP contribution in [0.2, 0.25) is 0 Å². The number of hydrogen-bond acceptors (Lipinski definition) is 2. The summed E-state index contributed by atoms with van der Waals surface area (Å²) in [5, 5.41) is 0. The number of rotatable bonds is 5. The predicted octanol–water partition coefficient (Wildman–Crippen LogP) is 0.948. The molecule has 0 bridgehead atoms. The summed E-state index contributed by atoms with van der Waals surface area (Å²) in [4.78, 5) is 6.61. The Hall–Kier alpha value is -0.770. The molecule has 0 spiro atoms. The third-order valence-corrected chi connectivity index (χ3v) is 2.41. The van der Waals surface area contributed by atoms with E-state index in [0.717, 1.165) is 37.9 Å². The van der Waals surface area contributed by atoms with Gasteiger partial charge in [-0.05, 0) is 32.1 Å². The fraction of sp³-hybridized carbons (Fsp3) is 0.900. The minimum atomic E-state index is 0.782. The largest absolute Gasteiger partial charge is 0.342 e. The van der Waals surface area contributed by atoms with Gasteiger partial charge < -0.3 is 4.90 Å². The van der Waals surface area contributed by atoms with Crippen LogP contribution in [0.4, 0.5) is 0 Å². The van der Waals surface area contributed by atoms with E-state index in [0.29, 0.717) is 0 Å². The monoisotopic (exact) mass is 198 g/mol. The zero-order valence-corrected chi connectivity index (χ0v) is 9.29. The Morgan fingerprint density at radius 3 is 2.64 bits per heavy atom. The molecule has 1 aliphatic carbocycles. The third-order valence-electron chi connectivity index (χ3n) is 2.41. The van der Waals surface area contributed by atoms with Crippen LogP contribution < -0.4 is 11.3 Å². The Labute approximate surface area is 86.5 Å². The molecule has 0 aliphatic heterocycles. The van der Waals surface area contributed by atoms with Crippen LogP contribution in [0.5, 0.6) is 0 Å². The zero-order chi connectivity index (χ0) is 10.4. The SMILES string of the molecule is CCCN(CC1CC1)C(=NCC)NN. The normalized spacial score (nSPS) is 16.9. The quantitative estimate of drug-likeness (QED) is 0.299. The lowest BCUT2D eigenvalue weighted by atomic mass is 10.3. The molecule has 0 unspecified atom stereocenters. The predicted molar refractivity (Wildman–Crippen MR) is 59.9 cm³/mol. The highest BCUT2D eigenvalue weighted by Gasteiger charge is 2.25. The number of guanidine groups is 1. The first kappa shape index (κ1) is 11.3. The molecule has 0 amide bonds. The van der Waals surface area contributed by atoms with Gasteiger partial charge in [0, 0.05) is 19.6 Å². The lowest BCUT2D eigenvalue weighted by molar-refractivity contribution is 0.384. The Bertz CT molecular complexity index is 187. The summed E-state index contributed by atoms with van der Waals surface area (Å²) in [6, 6.07) is 0. The molecular weight excluding hydrogens is 176 g/mol. The molecule has 0 atom stereocenters.